The van der Waals surface area contributed by atoms with Gasteiger partial charge in [-0.25, -0.2) is 8.42 Å². The van der Waals surface area contributed by atoms with Crippen LogP contribution in [0.4, 0.5) is 5.69 Å². The van der Waals surface area contributed by atoms with Crippen molar-refractivity contribution in [3.63, 3.8) is 0 Å². The first-order chi connectivity index (χ1) is 13.8. The molecule has 0 bridgehead atoms. The van der Waals surface area contributed by atoms with Crippen molar-refractivity contribution in [2.75, 3.05) is 11.3 Å². The van der Waals surface area contributed by atoms with Crippen LogP contribution in [0.1, 0.15) is 18.4 Å². The summed E-state index contributed by atoms with van der Waals surface area (Å²) in [5, 5.41) is 2.70. The number of carbonyl (C=O) groups is 1. The monoisotopic (exact) mass is 449 g/mol. The lowest BCUT2D eigenvalue weighted by Gasteiger charge is -2.23. The van der Waals surface area contributed by atoms with Gasteiger partial charge in [-0.2, -0.15) is 0 Å². The number of para-hydroxylation sites is 1. The average Bonchev–Trinajstić information content (AvgIpc) is 3.30. The maximum Gasteiger partial charge on any atom is 0.263 e. The summed E-state index contributed by atoms with van der Waals surface area (Å²) in [6.07, 6.45) is 1.62. The van der Waals surface area contributed by atoms with Gasteiger partial charge in [0.15, 0.2) is 0 Å². The summed E-state index contributed by atoms with van der Waals surface area (Å²) < 4.78 is 29.8. The lowest BCUT2D eigenvalue weighted by atomic mass is 10.1. The van der Waals surface area contributed by atoms with Gasteiger partial charge in [0.05, 0.1) is 11.7 Å². The molecule has 152 valence electrons. The van der Waals surface area contributed by atoms with Crippen molar-refractivity contribution in [3.8, 4) is 0 Å². The molecule has 1 fully saturated rings. The predicted octanol–water partition coefficient (Wildman–Crippen LogP) is 3.81. The molecule has 2 heterocycles. The smallest absolute Gasteiger partial charge is 0.263 e. The van der Waals surface area contributed by atoms with Crippen LogP contribution in [0.2, 0.25) is 5.02 Å². The molecule has 4 rings (SSSR count). The highest BCUT2D eigenvalue weighted by atomic mass is 35.5. The Morgan fingerprint density at radius 3 is 2.86 bits per heavy atom. The van der Waals surface area contributed by atoms with Gasteiger partial charge in [0.1, 0.15) is 4.90 Å². The zero-order valence-corrected chi connectivity index (χ0v) is 17.9. The molecule has 9 heteroatoms. The van der Waals surface area contributed by atoms with E-state index in [2.05, 4.69) is 4.72 Å². The molecule has 1 aliphatic heterocycles. The largest absolute Gasteiger partial charge is 0.368 e. The zero-order chi connectivity index (χ0) is 20.6. The number of benzene rings is 2. The number of nitrogens with two attached hydrogens (primary N) is 1. The Morgan fingerprint density at radius 1 is 1.28 bits per heavy atom. The molecule has 0 unspecified atom stereocenters. The van der Waals surface area contributed by atoms with Crippen LogP contribution in [-0.2, 0) is 21.4 Å². The molecule has 3 aromatic rings. The number of rotatable bonds is 6. The van der Waals surface area contributed by atoms with E-state index in [1.807, 2.05) is 23.1 Å². The molecule has 29 heavy (non-hydrogen) atoms. The summed E-state index contributed by atoms with van der Waals surface area (Å²) in [5.74, 6) is -0.345. The Hall–Kier alpha value is -2.13. The van der Waals surface area contributed by atoms with Crippen LogP contribution in [0.5, 0.6) is 0 Å². The van der Waals surface area contributed by atoms with E-state index in [0.717, 1.165) is 29.6 Å². The summed E-state index contributed by atoms with van der Waals surface area (Å²) in [4.78, 5) is 13.9. The fourth-order valence-electron chi connectivity index (χ4n) is 3.70. The molecular formula is C20H20ClN3O3S2. The maximum absolute atomic E-state index is 13.1. The number of amides is 1. The van der Waals surface area contributed by atoms with E-state index in [1.165, 1.54) is 11.3 Å². The summed E-state index contributed by atoms with van der Waals surface area (Å²) in [6.45, 7) is 1.20. The van der Waals surface area contributed by atoms with E-state index >= 15 is 0 Å². The Bertz CT molecular complexity index is 1180. The fraction of sp³-hybridized carbons (Fsp3) is 0.250. The topological polar surface area (TPSA) is 92.5 Å². The first kappa shape index (κ1) is 20.2. The van der Waals surface area contributed by atoms with E-state index in [9.17, 15) is 13.2 Å². The molecular weight excluding hydrogens is 430 g/mol. The number of nitrogens with zero attached hydrogens (tertiary/aromatic N) is 1. The molecule has 0 aliphatic carbocycles. The van der Waals surface area contributed by atoms with Crippen LogP contribution >= 0.6 is 22.9 Å². The van der Waals surface area contributed by atoms with E-state index < -0.39 is 10.0 Å². The molecule has 3 N–H and O–H groups in total. The Labute approximate surface area is 178 Å². The summed E-state index contributed by atoms with van der Waals surface area (Å²) in [7, 11) is -3.81. The van der Waals surface area contributed by atoms with Crippen molar-refractivity contribution in [1.29, 1.82) is 0 Å². The molecule has 2 aromatic carbocycles. The normalized spacial score (nSPS) is 17.6. The van der Waals surface area contributed by atoms with Crippen LogP contribution < -0.4 is 10.5 Å². The highest BCUT2D eigenvalue weighted by Crippen LogP contribution is 2.33. The molecule has 0 saturated carbocycles. The first-order valence-corrected chi connectivity index (χ1v) is 11.9. The van der Waals surface area contributed by atoms with Gasteiger partial charge >= 0.3 is 0 Å². The molecule has 6 nitrogen and oxygen atoms in total. The molecule has 1 amide bonds. The Kier molecular flexibility index (Phi) is 5.52. The van der Waals surface area contributed by atoms with Gasteiger partial charge in [0.2, 0.25) is 5.91 Å². The summed E-state index contributed by atoms with van der Waals surface area (Å²) >= 11 is 7.42. The minimum Gasteiger partial charge on any atom is -0.368 e. The van der Waals surface area contributed by atoms with Gasteiger partial charge in [0, 0.05) is 27.0 Å². The number of likely N-dealkylation sites (tertiary alicyclic amines) is 1. The van der Waals surface area contributed by atoms with E-state index in [-0.39, 0.29) is 16.8 Å². The van der Waals surface area contributed by atoms with Gasteiger partial charge < -0.3 is 5.73 Å². The van der Waals surface area contributed by atoms with Crippen molar-refractivity contribution >= 4 is 54.6 Å². The van der Waals surface area contributed by atoms with Gasteiger partial charge in [0.25, 0.3) is 10.0 Å². The van der Waals surface area contributed by atoms with E-state index in [0.29, 0.717) is 22.6 Å². The number of halogens is 1. The lowest BCUT2D eigenvalue weighted by molar-refractivity contribution is -0.122. The number of hydrogen-bond donors (Lipinski definition) is 2. The van der Waals surface area contributed by atoms with Crippen LogP contribution in [0.3, 0.4) is 0 Å². The van der Waals surface area contributed by atoms with E-state index in [1.54, 1.807) is 29.6 Å². The number of nitrogens with one attached hydrogen (secondary N) is 1. The SMILES string of the molecule is NC(=O)[C@@H]1CCCN1Cc1ccccc1NS(=O)(=O)c1csc2ccc(Cl)cc12. The van der Waals surface area contributed by atoms with Crippen molar-refractivity contribution in [2.45, 2.75) is 30.3 Å². The number of hydrogen-bond acceptors (Lipinski definition) is 5. The maximum atomic E-state index is 13.1. The van der Waals surface area contributed by atoms with E-state index in [4.69, 9.17) is 17.3 Å². The first-order valence-electron chi connectivity index (χ1n) is 9.16. The number of thiophene rings is 1. The molecule has 1 aliphatic rings. The van der Waals surface area contributed by atoms with Crippen molar-refractivity contribution in [1.82, 2.24) is 4.90 Å². The Morgan fingerprint density at radius 2 is 2.07 bits per heavy atom. The highest BCUT2D eigenvalue weighted by molar-refractivity contribution is 7.93. The van der Waals surface area contributed by atoms with Crippen molar-refractivity contribution < 1.29 is 13.2 Å². The minimum atomic E-state index is -3.81. The van der Waals surface area contributed by atoms with Crippen molar-refractivity contribution in [3.05, 3.63) is 58.4 Å². The van der Waals surface area contributed by atoms with Crippen LogP contribution in [0.15, 0.2) is 52.7 Å². The summed E-state index contributed by atoms with van der Waals surface area (Å²) in [6, 6.07) is 12.1. The predicted molar refractivity (Wildman–Crippen MR) is 117 cm³/mol. The fourth-order valence-corrected chi connectivity index (χ4v) is 6.45. The lowest BCUT2D eigenvalue weighted by Crippen LogP contribution is -2.39. The number of anilines is 1. The average molecular weight is 450 g/mol. The van der Waals surface area contributed by atoms with Crippen LogP contribution in [-0.4, -0.2) is 31.8 Å². The molecule has 1 aromatic heterocycles. The van der Waals surface area contributed by atoms with Gasteiger partial charge in [-0.1, -0.05) is 29.8 Å². The van der Waals surface area contributed by atoms with Crippen LogP contribution in [0.25, 0.3) is 10.1 Å². The third-order valence-electron chi connectivity index (χ3n) is 5.12. The second kappa shape index (κ2) is 7.95. The van der Waals surface area contributed by atoms with Gasteiger partial charge in [-0.05, 0) is 49.2 Å². The third-order valence-corrected chi connectivity index (χ3v) is 7.87. The molecule has 0 spiro atoms. The zero-order valence-electron chi connectivity index (χ0n) is 15.5. The van der Waals surface area contributed by atoms with Gasteiger partial charge in [-0.3, -0.25) is 14.4 Å². The molecule has 0 radical (unpaired) electrons. The molecule has 1 saturated heterocycles. The third kappa shape index (κ3) is 4.11. The van der Waals surface area contributed by atoms with Crippen LogP contribution in [0, 0.1) is 0 Å². The second-order valence-corrected chi connectivity index (χ2v) is 10.0. The quantitative estimate of drug-likeness (QED) is 0.598. The van der Waals surface area contributed by atoms with Crippen molar-refractivity contribution in [2.24, 2.45) is 5.73 Å². The molecule has 1 atom stereocenters. The summed E-state index contributed by atoms with van der Waals surface area (Å²) in [5.41, 5.74) is 6.79. The second-order valence-electron chi connectivity index (χ2n) is 7.03. The number of sulfonamides is 1. The highest BCUT2D eigenvalue weighted by Gasteiger charge is 2.29. The number of fused-ring (bicyclic) bond motifs is 1. The number of primary amides is 1. The Balaban J connectivity index is 1.64. The standard InChI is InChI=1S/C20H20ClN3O3S2/c21-14-7-8-18-15(10-14)19(12-28-18)29(26,27)23-16-5-2-1-4-13(16)11-24-9-3-6-17(24)20(22)25/h1-2,4-5,7-8,10,12,17,23H,3,6,9,11H2,(H2,22,25)/t17-/m0/s1. The minimum absolute atomic E-state index is 0.200. The number of carbonyl (C=O) groups excluding carboxylic acids is 1. The van der Waals surface area contributed by atoms with Gasteiger partial charge in [-0.15, -0.1) is 11.3 Å².